The molecule has 30 heavy (non-hydrogen) atoms. The molecule has 2 aromatic carbocycles. The highest BCUT2D eigenvalue weighted by Gasteiger charge is 2.23. The number of benzene rings is 2. The maximum absolute atomic E-state index is 13.2. The molecule has 0 bridgehead atoms. The zero-order chi connectivity index (χ0) is 21.3. The number of ether oxygens (including phenoxy) is 1. The largest absolute Gasteiger partial charge is 0.381 e. The molecule has 0 radical (unpaired) electrons. The molecule has 1 fully saturated rings. The highest BCUT2D eigenvalue weighted by atomic mass is 32.2. The predicted molar refractivity (Wildman–Crippen MR) is 114 cm³/mol. The second-order valence-electron chi connectivity index (χ2n) is 7.58. The molecule has 0 atom stereocenters. The fourth-order valence-corrected chi connectivity index (χ4v) is 4.34. The average molecular weight is 429 g/mol. The van der Waals surface area contributed by atoms with Gasteiger partial charge in [0.15, 0.2) is 0 Å². The van der Waals surface area contributed by atoms with Crippen molar-refractivity contribution in [2.45, 2.75) is 31.2 Å². The summed E-state index contributed by atoms with van der Waals surface area (Å²) in [6.45, 7) is 4.02. The average Bonchev–Trinajstić information content (AvgIpc) is 3.08. The SMILES string of the molecule is Cc1cccc2c(C(=O)Nc3cccc(S(N)(=O)=O)c3)n(CC3CCOCC3)nc12. The van der Waals surface area contributed by atoms with Crippen molar-refractivity contribution in [2.75, 3.05) is 18.5 Å². The lowest BCUT2D eigenvalue weighted by Gasteiger charge is -2.22. The van der Waals surface area contributed by atoms with E-state index in [1.165, 1.54) is 18.2 Å². The third-order valence-electron chi connectivity index (χ3n) is 5.38. The van der Waals surface area contributed by atoms with Gasteiger partial charge in [0, 0.05) is 30.8 Å². The highest BCUT2D eigenvalue weighted by molar-refractivity contribution is 7.89. The second kappa shape index (κ2) is 8.17. The molecule has 1 amide bonds. The van der Waals surface area contributed by atoms with Gasteiger partial charge in [0.2, 0.25) is 10.0 Å². The summed E-state index contributed by atoms with van der Waals surface area (Å²) in [5.41, 5.74) is 2.59. The lowest BCUT2D eigenvalue weighted by Crippen LogP contribution is -2.24. The second-order valence-corrected chi connectivity index (χ2v) is 9.15. The van der Waals surface area contributed by atoms with Gasteiger partial charge in [-0.3, -0.25) is 9.48 Å². The number of rotatable bonds is 5. The van der Waals surface area contributed by atoms with Crippen LogP contribution in [0.15, 0.2) is 47.4 Å². The van der Waals surface area contributed by atoms with Gasteiger partial charge in [-0.15, -0.1) is 0 Å². The van der Waals surface area contributed by atoms with Crippen LogP contribution in [-0.2, 0) is 21.3 Å². The zero-order valence-corrected chi connectivity index (χ0v) is 17.5. The van der Waals surface area contributed by atoms with E-state index in [9.17, 15) is 13.2 Å². The van der Waals surface area contributed by atoms with E-state index in [1.807, 2.05) is 25.1 Å². The van der Waals surface area contributed by atoms with Crippen LogP contribution in [0.1, 0.15) is 28.9 Å². The number of carbonyl (C=O) groups excluding carboxylic acids is 1. The number of primary sulfonamides is 1. The minimum atomic E-state index is -3.86. The summed E-state index contributed by atoms with van der Waals surface area (Å²) in [5, 5.41) is 13.5. The monoisotopic (exact) mass is 428 g/mol. The predicted octanol–water partition coefficient (Wildman–Crippen LogP) is 2.67. The summed E-state index contributed by atoms with van der Waals surface area (Å²) in [4.78, 5) is 13.2. The van der Waals surface area contributed by atoms with Gasteiger partial charge in [0.05, 0.1) is 10.4 Å². The normalized spacial score (nSPS) is 15.4. The Labute approximate surface area is 175 Å². The van der Waals surface area contributed by atoms with Crippen molar-refractivity contribution in [1.82, 2.24) is 9.78 Å². The molecule has 1 aliphatic heterocycles. The molecule has 3 aromatic rings. The summed E-state index contributed by atoms with van der Waals surface area (Å²) < 4.78 is 30.5. The van der Waals surface area contributed by atoms with Crippen LogP contribution in [0, 0.1) is 12.8 Å². The van der Waals surface area contributed by atoms with E-state index in [0.29, 0.717) is 37.1 Å². The number of hydrogen-bond donors (Lipinski definition) is 2. The first-order chi connectivity index (χ1) is 14.3. The summed E-state index contributed by atoms with van der Waals surface area (Å²) in [6.07, 6.45) is 1.85. The molecule has 4 rings (SSSR count). The van der Waals surface area contributed by atoms with Crippen LogP contribution in [0.4, 0.5) is 5.69 Å². The van der Waals surface area contributed by atoms with E-state index in [2.05, 4.69) is 5.32 Å². The molecular weight excluding hydrogens is 404 g/mol. The lowest BCUT2D eigenvalue weighted by molar-refractivity contribution is 0.0598. The third kappa shape index (κ3) is 4.23. The number of nitrogens with one attached hydrogen (secondary N) is 1. The number of anilines is 1. The summed E-state index contributed by atoms with van der Waals surface area (Å²) in [6, 6.07) is 11.6. The zero-order valence-electron chi connectivity index (χ0n) is 16.7. The standard InChI is InChI=1S/C21H24N4O4S/c1-14-4-2-7-18-19(14)24-25(13-15-8-10-29-11-9-15)20(18)21(26)23-16-5-3-6-17(12-16)30(22,27)28/h2-7,12,15H,8-11,13H2,1H3,(H,23,26)(H2,22,27,28). The number of nitrogens with two attached hydrogens (primary N) is 1. The molecular formula is C21H24N4O4S. The highest BCUT2D eigenvalue weighted by Crippen LogP contribution is 2.26. The Morgan fingerprint density at radius 3 is 2.70 bits per heavy atom. The van der Waals surface area contributed by atoms with Crippen LogP contribution >= 0.6 is 0 Å². The topological polar surface area (TPSA) is 116 Å². The van der Waals surface area contributed by atoms with Crippen LogP contribution in [0.2, 0.25) is 0 Å². The molecule has 0 saturated carbocycles. The number of hydrogen-bond acceptors (Lipinski definition) is 5. The van der Waals surface area contributed by atoms with Crippen molar-refractivity contribution in [3.05, 3.63) is 53.7 Å². The molecule has 0 spiro atoms. The van der Waals surface area contributed by atoms with Gasteiger partial charge in [-0.1, -0.05) is 24.3 Å². The minimum Gasteiger partial charge on any atom is -0.381 e. The fourth-order valence-electron chi connectivity index (χ4n) is 3.78. The Morgan fingerprint density at radius 1 is 1.23 bits per heavy atom. The number of aryl methyl sites for hydroxylation is 1. The fraction of sp³-hybridized carbons (Fsp3) is 0.333. The van der Waals surface area contributed by atoms with Gasteiger partial charge < -0.3 is 10.1 Å². The molecule has 3 N–H and O–H groups in total. The van der Waals surface area contributed by atoms with Gasteiger partial charge in [-0.25, -0.2) is 13.6 Å². The quantitative estimate of drug-likeness (QED) is 0.648. The van der Waals surface area contributed by atoms with Crippen molar-refractivity contribution in [3.63, 3.8) is 0 Å². The van der Waals surface area contributed by atoms with E-state index in [-0.39, 0.29) is 10.8 Å². The molecule has 0 aliphatic carbocycles. The van der Waals surface area contributed by atoms with Crippen LogP contribution in [-0.4, -0.2) is 37.3 Å². The first kappa shape index (κ1) is 20.5. The molecule has 1 aromatic heterocycles. The Kier molecular flexibility index (Phi) is 5.59. The third-order valence-corrected chi connectivity index (χ3v) is 6.29. The molecule has 1 saturated heterocycles. The van der Waals surface area contributed by atoms with E-state index >= 15 is 0 Å². The van der Waals surface area contributed by atoms with Crippen molar-refractivity contribution in [1.29, 1.82) is 0 Å². The smallest absolute Gasteiger partial charge is 0.274 e. The Morgan fingerprint density at radius 2 is 1.97 bits per heavy atom. The molecule has 0 unspecified atom stereocenters. The van der Waals surface area contributed by atoms with Crippen molar-refractivity contribution in [2.24, 2.45) is 11.1 Å². The van der Waals surface area contributed by atoms with Gasteiger partial charge in [0.1, 0.15) is 5.69 Å². The number of carbonyl (C=O) groups is 1. The lowest BCUT2D eigenvalue weighted by atomic mass is 10.0. The Bertz CT molecular complexity index is 1200. The maximum atomic E-state index is 13.2. The molecule has 8 nitrogen and oxygen atoms in total. The van der Waals surface area contributed by atoms with E-state index < -0.39 is 10.0 Å². The van der Waals surface area contributed by atoms with Crippen molar-refractivity contribution in [3.8, 4) is 0 Å². The molecule has 1 aliphatic rings. The number of fused-ring (bicyclic) bond motifs is 1. The Hall–Kier alpha value is -2.75. The van der Waals surface area contributed by atoms with Gasteiger partial charge in [-0.2, -0.15) is 5.10 Å². The Balaban J connectivity index is 1.70. The number of sulfonamides is 1. The number of aromatic nitrogens is 2. The summed E-state index contributed by atoms with van der Waals surface area (Å²) in [7, 11) is -3.86. The van der Waals surface area contributed by atoms with E-state index in [4.69, 9.17) is 15.0 Å². The van der Waals surface area contributed by atoms with Crippen molar-refractivity contribution < 1.29 is 17.9 Å². The van der Waals surface area contributed by atoms with Crippen molar-refractivity contribution >= 4 is 32.5 Å². The molecule has 158 valence electrons. The summed E-state index contributed by atoms with van der Waals surface area (Å²) >= 11 is 0. The first-order valence-corrected chi connectivity index (χ1v) is 11.4. The van der Waals surface area contributed by atoms with Gasteiger partial charge in [-0.05, 0) is 49.4 Å². The van der Waals surface area contributed by atoms with Crippen LogP contribution < -0.4 is 10.5 Å². The minimum absolute atomic E-state index is 0.0586. The van der Waals surface area contributed by atoms with Crippen LogP contribution in [0.3, 0.4) is 0 Å². The molecule has 2 heterocycles. The van der Waals surface area contributed by atoms with E-state index in [1.54, 1.807) is 10.7 Å². The number of nitrogens with zero attached hydrogens (tertiary/aromatic N) is 2. The summed E-state index contributed by atoms with van der Waals surface area (Å²) in [5.74, 6) is 0.0346. The first-order valence-electron chi connectivity index (χ1n) is 9.81. The van der Waals surface area contributed by atoms with Crippen LogP contribution in [0.5, 0.6) is 0 Å². The maximum Gasteiger partial charge on any atom is 0.274 e. The van der Waals surface area contributed by atoms with E-state index in [0.717, 1.165) is 29.3 Å². The van der Waals surface area contributed by atoms with Crippen LogP contribution in [0.25, 0.3) is 10.9 Å². The van der Waals surface area contributed by atoms with Gasteiger partial charge >= 0.3 is 0 Å². The van der Waals surface area contributed by atoms with Gasteiger partial charge in [0.25, 0.3) is 5.91 Å². The number of amides is 1. The molecule has 9 heteroatoms.